The number of hydrogen-bond donors (Lipinski definition) is 0. The van der Waals surface area contributed by atoms with E-state index in [1.807, 2.05) is 0 Å². The molecule has 0 spiro atoms. The second-order valence-electron chi connectivity index (χ2n) is 2.77. The molecule has 0 nitrogen and oxygen atoms in total. The lowest BCUT2D eigenvalue weighted by Gasteiger charge is -2.21. The average molecular weight is 154 g/mol. The quantitative estimate of drug-likeness (QED) is 0.430. The topological polar surface area (TPSA) is 0 Å². The molecule has 0 fully saturated rings. The van der Waals surface area contributed by atoms with Crippen LogP contribution in [0.5, 0.6) is 0 Å². The van der Waals surface area contributed by atoms with E-state index in [1.54, 1.807) is 0 Å². The van der Waals surface area contributed by atoms with Crippen LogP contribution >= 0.6 is 0 Å². The van der Waals surface area contributed by atoms with Gasteiger partial charge in [0.1, 0.15) is 0 Å². The van der Waals surface area contributed by atoms with Crippen molar-refractivity contribution in [1.29, 1.82) is 0 Å². The Morgan fingerprint density at radius 2 is 1.60 bits per heavy atom. The van der Waals surface area contributed by atoms with Gasteiger partial charge in [-0.05, 0) is 0 Å². The molecular weight excluding hydrogens is 136 g/mol. The number of rotatable bonds is 4. The lowest BCUT2D eigenvalue weighted by molar-refractivity contribution is 1.19. The normalized spacial score (nSPS) is 10.7. The maximum Gasteiger partial charge on any atom is 0.0864 e. The van der Waals surface area contributed by atoms with Crippen LogP contribution in [0.3, 0.4) is 0 Å². The third-order valence-electron chi connectivity index (χ3n) is 2.52. The van der Waals surface area contributed by atoms with Gasteiger partial charge in [-0.25, -0.2) is 0 Å². The van der Waals surface area contributed by atoms with Crippen molar-refractivity contribution in [2.45, 2.75) is 38.9 Å². The minimum Gasteiger partial charge on any atom is -0.137 e. The van der Waals surface area contributed by atoms with Gasteiger partial charge in [-0.3, -0.25) is 0 Å². The van der Waals surface area contributed by atoms with Crippen LogP contribution in [0.15, 0.2) is 18.0 Å². The molecule has 0 rings (SSSR count). The minimum absolute atomic E-state index is 1.02. The van der Waals surface area contributed by atoms with Gasteiger partial charge in [0, 0.05) is 0 Å². The van der Waals surface area contributed by atoms with Crippen molar-refractivity contribution in [2.75, 3.05) is 0 Å². The molecule has 0 N–H and O–H groups in total. The molecule has 1 heteroatoms. The summed E-state index contributed by atoms with van der Waals surface area (Å²) in [5, 5.41) is 0. The van der Waals surface area contributed by atoms with Gasteiger partial charge < -0.3 is 0 Å². The maximum absolute atomic E-state index is 3.64. The van der Waals surface area contributed by atoms with Crippen molar-refractivity contribution in [3.05, 3.63) is 18.0 Å². The Bertz CT molecular complexity index is 119. The first kappa shape index (κ1) is 9.74. The summed E-state index contributed by atoms with van der Waals surface area (Å²) in [4.78, 5) is 0. The third kappa shape index (κ3) is 2.16. The lowest BCUT2D eigenvalue weighted by atomic mass is 10.9. The minimum atomic E-state index is -1.02. The van der Waals surface area contributed by atoms with Gasteiger partial charge in [0.25, 0.3) is 0 Å². The molecule has 0 aromatic carbocycles. The van der Waals surface area contributed by atoms with Crippen molar-refractivity contribution < 1.29 is 0 Å². The smallest absolute Gasteiger partial charge is 0.0864 e. The van der Waals surface area contributed by atoms with Gasteiger partial charge in [-0.1, -0.05) is 51.2 Å². The van der Waals surface area contributed by atoms with Crippen LogP contribution in [0.25, 0.3) is 0 Å². The summed E-state index contributed by atoms with van der Waals surface area (Å²) >= 11 is 0. The van der Waals surface area contributed by atoms with Gasteiger partial charge in [-0.2, -0.15) is 0 Å². The van der Waals surface area contributed by atoms with E-state index in [0.29, 0.717) is 0 Å². The highest BCUT2D eigenvalue weighted by molar-refractivity contribution is 6.84. The molecule has 0 atom stereocenters. The summed E-state index contributed by atoms with van der Waals surface area (Å²) in [6, 6.07) is 4.01. The van der Waals surface area contributed by atoms with Gasteiger partial charge in [-0.15, -0.1) is 5.73 Å². The Labute approximate surface area is 65.7 Å². The second kappa shape index (κ2) is 4.54. The molecule has 0 saturated heterocycles. The standard InChI is InChI=1S/C9H18Si/c1-5-9-10(6-2,7-3)8-4/h9H,1,6-8H2,2-4H3. The molecule has 0 saturated carbocycles. The van der Waals surface area contributed by atoms with Gasteiger partial charge in [0.05, 0.1) is 8.07 Å². The Hall–Kier alpha value is -0.263. The molecule has 0 aromatic heterocycles. The Kier molecular flexibility index (Phi) is 4.42. The second-order valence-corrected chi connectivity index (χ2v) is 7.91. The van der Waals surface area contributed by atoms with Crippen LogP contribution in [-0.4, -0.2) is 8.07 Å². The van der Waals surface area contributed by atoms with Crippen LogP contribution in [0.1, 0.15) is 20.8 Å². The number of hydrogen-bond acceptors (Lipinski definition) is 0. The molecule has 10 heavy (non-hydrogen) atoms. The highest BCUT2D eigenvalue weighted by Crippen LogP contribution is 2.20. The largest absolute Gasteiger partial charge is 0.137 e. The Morgan fingerprint density at radius 3 is 1.70 bits per heavy atom. The molecule has 0 aromatic rings. The van der Waals surface area contributed by atoms with Crippen molar-refractivity contribution in [3.63, 3.8) is 0 Å². The summed E-state index contributed by atoms with van der Waals surface area (Å²) in [6.07, 6.45) is 0. The van der Waals surface area contributed by atoms with E-state index in [2.05, 4.69) is 38.8 Å². The van der Waals surface area contributed by atoms with E-state index in [4.69, 9.17) is 0 Å². The van der Waals surface area contributed by atoms with Crippen LogP contribution in [0.4, 0.5) is 0 Å². The first-order valence-electron chi connectivity index (χ1n) is 4.11. The average Bonchev–Trinajstić information content (AvgIpc) is 2.01. The van der Waals surface area contributed by atoms with Crippen LogP contribution in [0.2, 0.25) is 18.1 Å². The highest BCUT2D eigenvalue weighted by Gasteiger charge is 2.22. The van der Waals surface area contributed by atoms with E-state index in [9.17, 15) is 0 Å². The van der Waals surface area contributed by atoms with Gasteiger partial charge in [0.15, 0.2) is 0 Å². The molecule has 0 radical (unpaired) electrons. The fraction of sp³-hybridized carbons (Fsp3) is 0.667. The first-order chi connectivity index (χ1) is 4.74. The molecule has 0 unspecified atom stereocenters. The zero-order valence-electron chi connectivity index (χ0n) is 7.41. The highest BCUT2D eigenvalue weighted by atomic mass is 28.3. The van der Waals surface area contributed by atoms with Gasteiger partial charge >= 0.3 is 0 Å². The summed E-state index contributed by atoms with van der Waals surface area (Å²) < 4.78 is 0. The summed E-state index contributed by atoms with van der Waals surface area (Å²) in [6.45, 7) is 10.5. The third-order valence-corrected chi connectivity index (χ3v) is 7.56. The summed E-state index contributed by atoms with van der Waals surface area (Å²) in [5.74, 6) is 0. The predicted octanol–water partition coefficient (Wildman–Crippen LogP) is 3.38. The molecule has 0 amide bonds. The molecule has 58 valence electrons. The fourth-order valence-corrected chi connectivity index (χ4v) is 3.82. The van der Waals surface area contributed by atoms with Crippen molar-refractivity contribution >= 4 is 8.07 Å². The fourth-order valence-electron chi connectivity index (χ4n) is 1.27. The van der Waals surface area contributed by atoms with Crippen LogP contribution in [-0.2, 0) is 0 Å². The van der Waals surface area contributed by atoms with Crippen LogP contribution < -0.4 is 0 Å². The van der Waals surface area contributed by atoms with E-state index >= 15 is 0 Å². The summed E-state index contributed by atoms with van der Waals surface area (Å²) in [7, 11) is -1.02. The van der Waals surface area contributed by atoms with Crippen LogP contribution in [0, 0.1) is 0 Å². The molecule has 0 aliphatic heterocycles. The van der Waals surface area contributed by atoms with Crippen molar-refractivity contribution in [1.82, 2.24) is 0 Å². The lowest BCUT2D eigenvalue weighted by Crippen LogP contribution is -2.28. The van der Waals surface area contributed by atoms with E-state index < -0.39 is 8.07 Å². The molecular formula is C9H18Si. The van der Waals surface area contributed by atoms with E-state index in [1.165, 1.54) is 18.1 Å². The SMILES string of the molecule is C=C=C[Si](CC)(CC)CC. The van der Waals surface area contributed by atoms with E-state index in [-0.39, 0.29) is 0 Å². The zero-order chi connectivity index (χ0) is 8.04. The Morgan fingerprint density at radius 1 is 1.20 bits per heavy atom. The van der Waals surface area contributed by atoms with Gasteiger partial charge in [0.2, 0.25) is 0 Å². The predicted molar refractivity (Wildman–Crippen MR) is 50.9 cm³/mol. The maximum atomic E-state index is 3.64. The first-order valence-corrected chi connectivity index (χ1v) is 6.81. The molecule has 0 heterocycles. The van der Waals surface area contributed by atoms with Crippen molar-refractivity contribution in [3.8, 4) is 0 Å². The Balaban J connectivity index is 4.29. The molecule has 0 aliphatic rings. The summed E-state index contributed by atoms with van der Waals surface area (Å²) in [5.41, 5.74) is 5.21. The van der Waals surface area contributed by atoms with E-state index in [0.717, 1.165) is 0 Å². The molecule has 0 bridgehead atoms. The van der Waals surface area contributed by atoms with Crippen molar-refractivity contribution in [2.24, 2.45) is 0 Å². The monoisotopic (exact) mass is 154 g/mol. The zero-order valence-corrected chi connectivity index (χ0v) is 8.41. The molecule has 0 aliphatic carbocycles.